The van der Waals surface area contributed by atoms with Gasteiger partial charge in [-0.1, -0.05) is 11.6 Å². The number of aryl methyl sites for hydroxylation is 2. The second-order valence-corrected chi connectivity index (χ2v) is 2.89. The third-order valence-corrected chi connectivity index (χ3v) is 2.01. The van der Waals surface area contributed by atoms with Gasteiger partial charge in [-0.05, 0) is 13.8 Å². The average molecular weight is 191 g/mol. The molecule has 4 heteroatoms. The van der Waals surface area contributed by atoms with Crippen molar-refractivity contribution in [3.8, 4) is 0 Å². The van der Waals surface area contributed by atoms with Gasteiger partial charge in [0.15, 0.2) is 5.15 Å². The molecule has 0 bridgehead atoms. The minimum Gasteiger partial charge on any atom is -0.252 e. The lowest BCUT2D eigenvalue weighted by molar-refractivity contribution is 0.992. The van der Waals surface area contributed by atoms with Crippen LogP contribution in [0.4, 0.5) is 0 Å². The van der Waals surface area contributed by atoms with Crippen LogP contribution in [0.5, 0.6) is 0 Å². The fourth-order valence-electron chi connectivity index (χ4n) is 0.707. The molecule has 0 saturated heterocycles. The van der Waals surface area contributed by atoms with E-state index in [2.05, 4.69) is 9.97 Å². The Kier molecular flexibility index (Phi) is 2.68. The molecule has 2 nitrogen and oxygen atoms in total. The lowest BCUT2D eigenvalue weighted by atomic mass is 10.3. The molecule has 0 unspecified atom stereocenters. The highest BCUT2D eigenvalue weighted by atomic mass is 35.5. The van der Waals surface area contributed by atoms with Crippen molar-refractivity contribution in [1.82, 2.24) is 9.97 Å². The highest BCUT2D eigenvalue weighted by Crippen LogP contribution is 2.14. The summed E-state index contributed by atoms with van der Waals surface area (Å²) in [5, 5.41) is 0.406. The monoisotopic (exact) mass is 190 g/mol. The van der Waals surface area contributed by atoms with E-state index in [0.29, 0.717) is 16.7 Å². The van der Waals surface area contributed by atoms with E-state index in [-0.39, 0.29) is 0 Å². The van der Waals surface area contributed by atoms with E-state index in [0.717, 1.165) is 11.4 Å². The van der Waals surface area contributed by atoms with Gasteiger partial charge in [-0.2, -0.15) is 0 Å². The number of halogens is 2. The van der Waals surface area contributed by atoms with Crippen molar-refractivity contribution in [2.24, 2.45) is 0 Å². The van der Waals surface area contributed by atoms with Gasteiger partial charge in [0.1, 0.15) is 0 Å². The van der Waals surface area contributed by atoms with Crippen molar-refractivity contribution in [3.63, 3.8) is 0 Å². The summed E-state index contributed by atoms with van der Waals surface area (Å²) in [7, 11) is 0. The Balaban J connectivity index is 3.21. The first-order valence-corrected chi connectivity index (χ1v) is 4.12. The number of hydrogen-bond acceptors (Lipinski definition) is 2. The van der Waals surface area contributed by atoms with Crippen molar-refractivity contribution in [3.05, 3.63) is 22.2 Å². The van der Waals surface area contributed by atoms with Gasteiger partial charge in [-0.25, -0.2) is 4.98 Å². The molecule has 0 aliphatic carbocycles. The second kappa shape index (κ2) is 3.37. The van der Waals surface area contributed by atoms with E-state index in [1.54, 1.807) is 0 Å². The third kappa shape index (κ3) is 1.82. The molecule has 0 aromatic carbocycles. The Bertz CT molecular complexity index is 273. The van der Waals surface area contributed by atoms with Crippen LogP contribution in [0.1, 0.15) is 17.1 Å². The lowest BCUT2D eigenvalue weighted by Gasteiger charge is -2.02. The quantitative estimate of drug-likeness (QED) is 0.637. The Morgan fingerprint density at radius 1 is 1.18 bits per heavy atom. The highest BCUT2D eigenvalue weighted by molar-refractivity contribution is 6.30. The molecular weight excluding hydrogens is 183 g/mol. The Hall–Kier alpha value is -0.340. The molecule has 0 aliphatic heterocycles. The summed E-state index contributed by atoms with van der Waals surface area (Å²) in [5.74, 6) is 0.312. The van der Waals surface area contributed by atoms with Gasteiger partial charge < -0.3 is 0 Å². The first-order chi connectivity index (χ1) is 5.15. The fraction of sp³-hybridized carbons (Fsp3) is 0.429. The van der Waals surface area contributed by atoms with Gasteiger partial charge in [0.2, 0.25) is 0 Å². The molecule has 1 rings (SSSR count). The van der Waals surface area contributed by atoms with Gasteiger partial charge in [0, 0.05) is 0 Å². The molecule has 11 heavy (non-hydrogen) atoms. The lowest BCUT2D eigenvalue weighted by Crippen LogP contribution is -1.97. The van der Waals surface area contributed by atoms with E-state index in [9.17, 15) is 0 Å². The first-order valence-electron chi connectivity index (χ1n) is 3.20. The molecule has 0 saturated carbocycles. The zero-order valence-corrected chi connectivity index (χ0v) is 7.87. The van der Waals surface area contributed by atoms with Crippen molar-refractivity contribution < 1.29 is 0 Å². The number of aromatic nitrogens is 2. The maximum absolute atomic E-state index is 5.74. The van der Waals surface area contributed by atoms with Crippen molar-refractivity contribution >= 4 is 23.2 Å². The van der Waals surface area contributed by atoms with Crippen LogP contribution in [0.3, 0.4) is 0 Å². The summed E-state index contributed by atoms with van der Waals surface area (Å²) < 4.78 is 0. The molecule has 0 atom stereocenters. The summed E-state index contributed by atoms with van der Waals surface area (Å²) >= 11 is 11.3. The molecule has 0 aliphatic rings. The Labute approximate surface area is 75.6 Å². The Morgan fingerprint density at radius 2 is 1.73 bits per heavy atom. The maximum atomic E-state index is 5.74. The van der Waals surface area contributed by atoms with Crippen molar-refractivity contribution in [2.45, 2.75) is 19.7 Å². The van der Waals surface area contributed by atoms with E-state index in [1.807, 2.05) is 13.8 Å². The van der Waals surface area contributed by atoms with Crippen molar-refractivity contribution in [2.75, 3.05) is 0 Å². The van der Waals surface area contributed by atoms with Gasteiger partial charge in [-0.3, -0.25) is 4.98 Å². The van der Waals surface area contributed by atoms with E-state index < -0.39 is 0 Å². The standard InChI is InChI=1S/C7H8Cl2N2/c1-4-5(2)11-7(9)6(3-8)10-4/h3H2,1-2H3. The summed E-state index contributed by atoms with van der Waals surface area (Å²) in [6.45, 7) is 3.75. The van der Waals surface area contributed by atoms with Crippen LogP contribution >= 0.6 is 23.2 Å². The van der Waals surface area contributed by atoms with E-state index in [4.69, 9.17) is 23.2 Å². The first kappa shape index (κ1) is 8.75. The molecule has 0 N–H and O–H groups in total. The number of nitrogens with zero attached hydrogens (tertiary/aromatic N) is 2. The van der Waals surface area contributed by atoms with Gasteiger partial charge in [-0.15, -0.1) is 11.6 Å². The average Bonchev–Trinajstić information content (AvgIpc) is 1.97. The van der Waals surface area contributed by atoms with Crippen LogP contribution < -0.4 is 0 Å². The topological polar surface area (TPSA) is 25.8 Å². The third-order valence-electron chi connectivity index (χ3n) is 1.46. The minimum atomic E-state index is 0.312. The van der Waals surface area contributed by atoms with Crippen LogP contribution in [-0.4, -0.2) is 9.97 Å². The molecule has 0 fully saturated rings. The number of hydrogen-bond donors (Lipinski definition) is 0. The van der Waals surface area contributed by atoms with E-state index >= 15 is 0 Å². The van der Waals surface area contributed by atoms with Gasteiger partial charge in [0.05, 0.1) is 23.0 Å². The van der Waals surface area contributed by atoms with Crippen LogP contribution in [-0.2, 0) is 5.88 Å². The summed E-state index contributed by atoms with van der Waals surface area (Å²) in [4.78, 5) is 8.23. The predicted octanol–water partition coefficient (Wildman–Crippen LogP) is 2.49. The van der Waals surface area contributed by atoms with Crippen LogP contribution in [0.2, 0.25) is 5.15 Å². The van der Waals surface area contributed by atoms with Crippen LogP contribution in [0, 0.1) is 13.8 Å². The van der Waals surface area contributed by atoms with Gasteiger partial charge in [0.25, 0.3) is 0 Å². The number of rotatable bonds is 1. The molecular formula is C7H8Cl2N2. The zero-order valence-electron chi connectivity index (χ0n) is 6.36. The fourth-order valence-corrected chi connectivity index (χ4v) is 1.20. The molecule has 0 radical (unpaired) electrons. The summed E-state index contributed by atoms with van der Waals surface area (Å²) in [6.07, 6.45) is 0. The van der Waals surface area contributed by atoms with Crippen LogP contribution in [0.15, 0.2) is 0 Å². The largest absolute Gasteiger partial charge is 0.252 e. The zero-order chi connectivity index (χ0) is 8.43. The maximum Gasteiger partial charge on any atom is 0.152 e. The van der Waals surface area contributed by atoms with Gasteiger partial charge >= 0.3 is 0 Å². The summed E-state index contributed by atoms with van der Waals surface area (Å²) in [6, 6.07) is 0. The Morgan fingerprint density at radius 3 is 2.27 bits per heavy atom. The molecule has 60 valence electrons. The van der Waals surface area contributed by atoms with Crippen LogP contribution in [0.25, 0.3) is 0 Å². The SMILES string of the molecule is Cc1nc(Cl)c(CCl)nc1C. The number of alkyl halides is 1. The van der Waals surface area contributed by atoms with Crippen molar-refractivity contribution in [1.29, 1.82) is 0 Å². The molecule has 1 aromatic heterocycles. The highest BCUT2D eigenvalue weighted by Gasteiger charge is 2.04. The molecule has 0 amide bonds. The smallest absolute Gasteiger partial charge is 0.152 e. The minimum absolute atomic E-state index is 0.312. The predicted molar refractivity (Wildman–Crippen MR) is 46.1 cm³/mol. The molecule has 1 heterocycles. The summed E-state index contributed by atoms with van der Waals surface area (Å²) in [5.41, 5.74) is 2.38. The molecule has 0 spiro atoms. The normalized spacial score (nSPS) is 10.2. The molecule has 1 aromatic rings. The second-order valence-electron chi connectivity index (χ2n) is 2.27. The van der Waals surface area contributed by atoms with E-state index in [1.165, 1.54) is 0 Å².